The van der Waals surface area contributed by atoms with Crippen LogP contribution in [-0.2, 0) is 14.8 Å². The van der Waals surface area contributed by atoms with E-state index in [1.54, 1.807) is 6.92 Å². The number of hydrogen-bond acceptors (Lipinski definition) is 5. The minimum atomic E-state index is -3.64. The fraction of sp³-hybridized carbons (Fsp3) is 0.500. The van der Waals surface area contributed by atoms with E-state index in [1.165, 1.54) is 28.6 Å². The molecule has 0 bridgehead atoms. The molecule has 0 spiro atoms. The van der Waals surface area contributed by atoms with Gasteiger partial charge in [0.25, 0.3) is 5.91 Å². The van der Waals surface area contributed by atoms with E-state index in [0.29, 0.717) is 13.1 Å². The number of hydrazine groups is 1. The van der Waals surface area contributed by atoms with Gasteiger partial charge in [0.2, 0.25) is 10.0 Å². The van der Waals surface area contributed by atoms with E-state index >= 15 is 0 Å². The van der Waals surface area contributed by atoms with Gasteiger partial charge in [0.1, 0.15) is 0 Å². The van der Waals surface area contributed by atoms with Crippen molar-refractivity contribution in [1.29, 1.82) is 0 Å². The molecule has 9 heteroatoms. The number of carbonyl (C=O) groups is 2. The number of nitrogens with zero attached hydrogens (tertiary/aromatic N) is 1. The average molecular weight is 369 g/mol. The van der Waals surface area contributed by atoms with Crippen molar-refractivity contribution in [2.75, 3.05) is 19.7 Å². The van der Waals surface area contributed by atoms with E-state index in [9.17, 15) is 18.0 Å². The number of hydrogen-bond donors (Lipinski definition) is 2. The zero-order valence-electron chi connectivity index (χ0n) is 14.2. The highest BCUT2D eigenvalue weighted by Crippen LogP contribution is 2.21. The molecule has 1 aromatic carbocycles. The van der Waals surface area contributed by atoms with Crippen molar-refractivity contribution in [2.24, 2.45) is 0 Å². The van der Waals surface area contributed by atoms with Crippen molar-refractivity contribution >= 4 is 22.0 Å². The second-order valence-electron chi connectivity index (χ2n) is 5.65. The minimum Gasteiger partial charge on any atom is -0.449 e. The SMILES string of the molecule is CCOC(=O)NNC(=O)c1cccc(S(=O)(=O)N2CCCCCC2)c1. The molecule has 1 fully saturated rings. The Morgan fingerprint density at radius 2 is 1.80 bits per heavy atom. The number of carbonyl (C=O) groups excluding carboxylic acids is 2. The van der Waals surface area contributed by atoms with Crippen LogP contribution >= 0.6 is 0 Å². The molecule has 0 unspecified atom stereocenters. The third-order valence-electron chi connectivity index (χ3n) is 3.85. The van der Waals surface area contributed by atoms with Gasteiger partial charge in [-0.3, -0.25) is 10.2 Å². The summed E-state index contributed by atoms with van der Waals surface area (Å²) in [6, 6.07) is 5.76. The number of sulfonamides is 1. The van der Waals surface area contributed by atoms with Crippen LogP contribution in [-0.4, -0.2) is 44.4 Å². The smallest absolute Gasteiger partial charge is 0.426 e. The summed E-state index contributed by atoms with van der Waals surface area (Å²) in [7, 11) is -3.64. The maximum atomic E-state index is 12.8. The summed E-state index contributed by atoms with van der Waals surface area (Å²) in [6.07, 6.45) is 2.93. The molecule has 2 amide bonds. The van der Waals surface area contributed by atoms with Gasteiger partial charge in [0.15, 0.2) is 0 Å². The highest BCUT2D eigenvalue weighted by atomic mass is 32.2. The topological polar surface area (TPSA) is 105 Å². The Balaban J connectivity index is 2.11. The Labute approximate surface area is 147 Å². The number of amides is 2. The second-order valence-corrected chi connectivity index (χ2v) is 7.58. The molecule has 0 atom stereocenters. The molecule has 8 nitrogen and oxygen atoms in total. The normalized spacial score (nSPS) is 15.9. The number of ether oxygens (including phenoxy) is 1. The zero-order chi connectivity index (χ0) is 18.3. The van der Waals surface area contributed by atoms with Crippen molar-refractivity contribution < 1.29 is 22.7 Å². The molecule has 2 N–H and O–H groups in total. The van der Waals surface area contributed by atoms with E-state index in [0.717, 1.165) is 25.7 Å². The summed E-state index contributed by atoms with van der Waals surface area (Å²) in [4.78, 5) is 23.3. The van der Waals surface area contributed by atoms with Crippen LogP contribution < -0.4 is 10.9 Å². The molecular weight excluding hydrogens is 346 g/mol. The molecule has 1 heterocycles. The molecule has 25 heavy (non-hydrogen) atoms. The van der Waals surface area contributed by atoms with Gasteiger partial charge in [0.05, 0.1) is 11.5 Å². The largest absolute Gasteiger partial charge is 0.449 e. The lowest BCUT2D eigenvalue weighted by Gasteiger charge is -2.20. The predicted molar refractivity (Wildman–Crippen MR) is 91.3 cm³/mol. The van der Waals surface area contributed by atoms with Gasteiger partial charge in [-0.1, -0.05) is 18.9 Å². The summed E-state index contributed by atoms with van der Waals surface area (Å²) in [6.45, 7) is 2.79. The quantitative estimate of drug-likeness (QED) is 0.785. The first kappa shape index (κ1) is 19.2. The molecule has 0 aliphatic carbocycles. The molecule has 1 saturated heterocycles. The van der Waals surface area contributed by atoms with Crippen LogP contribution in [0.1, 0.15) is 43.0 Å². The Morgan fingerprint density at radius 1 is 1.12 bits per heavy atom. The van der Waals surface area contributed by atoms with Crippen LogP contribution in [0.4, 0.5) is 4.79 Å². The minimum absolute atomic E-state index is 0.0678. The molecule has 1 aromatic rings. The third-order valence-corrected chi connectivity index (χ3v) is 5.75. The summed E-state index contributed by atoms with van der Waals surface area (Å²) in [5.41, 5.74) is 4.40. The molecule has 0 saturated carbocycles. The van der Waals surface area contributed by atoms with Crippen LogP contribution in [0.3, 0.4) is 0 Å². The maximum Gasteiger partial charge on any atom is 0.426 e. The van der Waals surface area contributed by atoms with Gasteiger partial charge in [-0.2, -0.15) is 4.31 Å². The number of rotatable bonds is 4. The van der Waals surface area contributed by atoms with Crippen molar-refractivity contribution in [3.8, 4) is 0 Å². The Hall–Kier alpha value is -2.13. The monoisotopic (exact) mass is 369 g/mol. The predicted octanol–water partition coefficient (Wildman–Crippen LogP) is 1.64. The lowest BCUT2D eigenvalue weighted by molar-refractivity contribution is 0.0912. The van der Waals surface area contributed by atoms with Gasteiger partial charge >= 0.3 is 6.09 Å². The zero-order valence-corrected chi connectivity index (χ0v) is 15.0. The van der Waals surface area contributed by atoms with Crippen LogP contribution in [0.25, 0.3) is 0 Å². The maximum absolute atomic E-state index is 12.8. The van der Waals surface area contributed by atoms with Gasteiger partial charge < -0.3 is 4.74 Å². The van der Waals surface area contributed by atoms with Gasteiger partial charge in [-0.25, -0.2) is 18.6 Å². The van der Waals surface area contributed by atoms with Gasteiger partial charge in [-0.05, 0) is 38.0 Å². The van der Waals surface area contributed by atoms with Crippen LogP contribution in [0, 0.1) is 0 Å². The third kappa shape index (κ3) is 5.17. The highest BCUT2D eigenvalue weighted by molar-refractivity contribution is 7.89. The Bertz CT molecular complexity index is 712. The molecule has 1 aliphatic heterocycles. The van der Waals surface area contributed by atoms with E-state index < -0.39 is 22.0 Å². The molecule has 0 radical (unpaired) electrons. The van der Waals surface area contributed by atoms with Crippen LogP contribution in [0.2, 0.25) is 0 Å². The first-order valence-corrected chi connectivity index (χ1v) is 9.72. The Kier molecular flexibility index (Phi) is 6.77. The van der Waals surface area contributed by atoms with Gasteiger partial charge in [-0.15, -0.1) is 0 Å². The standard InChI is InChI=1S/C16H23N3O5S/c1-2-24-16(21)18-17-15(20)13-8-7-9-14(12-13)25(22,23)19-10-5-3-4-6-11-19/h7-9,12H,2-6,10-11H2,1H3,(H,17,20)(H,18,21). The number of nitrogens with one attached hydrogen (secondary N) is 2. The van der Waals surface area contributed by atoms with E-state index in [4.69, 9.17) is 0 Å². The van der Waals surface area contributed by atoms with Crippen LogP contribution in [0.5, 0.6) is 0 Å². The summed E-state index contributed by atoms with van der Waals surface area (Å²) in [5, 5.41) is 0. The van der Waals surface area contributed by atoms with Crippen molar-refractivity contribution in [1.82, 2.24) is 15.2 Å². The first-order valence-electron chi connectivity index (χ1n) is 8.28. The van der Waals surface area contributed by atoms with E-state index in [1.807, 2.05) is 0 Å². The van der Waals surface area contributed by atoms with Crippen molar-refractivity contribution in [3.05, 3.63) is 29.8 Å². The van der Waals surface area contributed by atoms with E-state index in [-0.39, 0.29) is 17.1 Å². The number of benzene rings is 1. The molecule has 0 aromatic heterocycles. The summed E-state index contributed by atoms with van der Waals surface area (Å²) in [5.74, 6) is -0.624. The van der Waals surface area contributed by atoms with E-state index in [2.05, 4.69) is 15.6 Å². The fourth-order valence-corrected chi connectivity index (χ4v) is 4.14. The van der Waals surface area contributed by atoms with Crippen molar-refractivity contribution in [2.45, 2.75) is 37.5 Å². The van der Waals surface area contributed by atoms with Crippen molar-refractivity contribution in [3.63, 3.8) is 0 Å². The Morgan fingerprint density at radius 3 is 2.44 bits per heavy atom. The lowest BCUT2D eigenvalue weighted by atomic mass is 10.2. The average Bonchev–Trinajstić information content (AvgIpc) is 2.90. The summed E-state index contributed by atoms with van der Waals surface area (Å²) >= 11 is 0. The molecule has 138 valence electrons. The molecule has 2 rings (SSSR count). The molecular formula is C16H23N3O5S. The first-order chi connectivity index (χ1) is 11.9. The highest BCUT2D eigenvalue weighted by Gasteiger charge is 2.25. The lowest BCUT2D eigenvalue weighted by Crippen LogP contribution is -2.42. The fourth-order valence-electron chi connectivity index (χ4n) is 2.58. The second kappa shape index (κ2) is 8.82. The summed E-state index contributed by atoms with van der Waals surface area (Å²) < 4.78 is 31.6. The molecule has 1 aliphatic rings. The van der Waals surface area contributed by atoms with Gasteiger partial charge in [0, 0.05) is 18.7 Å². The van der Waals surface area contributed by atoms with Crippen LogP contribution in [0.15, 0.2) is 29.2 Å².